The molecule has 4 nitrogen and oxygen atoms in total. The zero-order valence-corrected chi connectivity index (χ0v) is 41.3. The molecule has 10 heteroatoms. The monoisotopic (exact) mass is 868 g/mol. The van der Waals surface area contributed by atoms with Crippen molar-refractivity contribution in [1.82, 2.24) is 0 Å². The second-order valence-electron chi connectivity index (χ2n) is 18.6. The predicted octanol–water partition coefficient (Wildman–Crippen LogP) is 13.3. The number of hydrogen-bond donors (Lipinski definition) is 0. The maximum atomic E-state index is 7.22. The van der Waals surface area contributed by atoms with Gasteiger partial charge in [0.2, 0.25) is 0 Å². The van der Waals surface area contributed by atoms with Crippen molar-refractivity contribution in [3.8, 4) is 0 Å². The van der Waals surface area contributed by atoms with Crippen molar-refractivity contribution in [2.45, 2.75) is 132 Å². The van der Waals surface area contributed by atoms with Gasteiger partial charge in [-0.2, -0.15) is 0 Å². The van der Waals surface area contributed by atoms with Crippen molar-refractivity contribution in [2.24, 2.45) is 0 Å². The Morgan fingerprint density at radius 3 is 0.875 bits per heavy atom. The van der Waals surface area contributed by atoms with Crippen LogP contribution in [0.5, 0.6) is 0 Å². The molecule has 0 bridgehead atoms. The van der Waals surface area contributed by atoms with Gasteiger partial charge in [-0.1, -0.05) is 0 Å². The zero-order chi connectivity index (χ0) is 41.7. The molecular weight excluding hydrogens is 807 g/mol. The van der Waals surface area contributed by atoms with Gasteiger partial charge >= 0.3 is 361 Å². The molecule has 4 aromatic rings. The van der Waals surface area contributed by atoms with Gasteiger partial charge in [-0.25, -0.2) is 0 Å². The summed E-state index contributed by atoms with van der Waals surface area (Å²) in [5.74, 6) is 3.79. The minimum absolute atomic E-state index is 0.152. The third kappa shape index (κ3) is 8.31. The van der Waals surface area contributed by atoms with E-state index in [4.69, 9.17) is 44.3 Å². The van der Waals surface area contributed by atoms with Gasteiger partial charge in [-0.15, -0.1) is 0 Å². The van der Waals surface area contributed by atoms with Crippen molar-refractivity contribution in [1.29, 1.82) is 0 Å². The minimum atomic E-state index is -3.26. The Balaban J connectivity index is 0.000000214. The second kappa shape index (κ2) is 16.6. The van der Waals surface area contributed by atoms with E-state index in [2.05, 4.69) is 199 Å². The quantitative estimate of drug-likeness (QED) is 0.129. The second-order valence-corrected chi connectivity index (χ2v) is 31.6. The van der Waals surface area contributed by atoms with E-state index in [9.17, 15) is 0 Å². The van der Waals surface area contributed by atoms with Crippen LogP contribution < -0.4 is 9.13 Å². The van der Waals surface area contributed by atoms with Gasteiger partial charge in [0.25, 0.3) is 0 Å². The molecule has 2 aliphatic rings. The molecular formula is C46H64Cl4N4Si2. The van der Waals surface area contributed by atoms with Crippen LogP contribution in [0.4, 0.5) is 11.4 Å². The summed E-state index contributed by atoms with van der Waals surface area (Å²) in [7, 11) is -6.53. The summed E-state index contributed by atoms with van der Waals surface area (Å²) in [6, 6.07) is 34.2. The normalized spacial score (nSPS) is 17.9. The Bertz CT molecular complexity index is 1890. The molecule has 4 aromatic carbocycles. The van der Waals surface area contributed by atoms with Gasteiger partial charge < -0.3 is 0 Å². The number of benzene rings is 4. The molecule has 0 aliphatic carbocycles. The fraction of sp³-hybridized carbons (Fsp3) is 0.435. The topological polar surface area (TPSA) is 12.5 Å². The number of anilines is 2. The fourth-order valence-electron chi connectivity index (χ4n) is 8.34. The molecule has 0 fully saturated rings. The van der Waals surface area contributed by atoms with Gasteiger partial charge in [-0.05, 0) is 0 Å². The van der Waals surface area contributed by atoms with Crippen molar-refractivity contribution in [3.05, 3.63) is 130 Å². The van der Waals surface area contributed by atoms with Crippen LogP contribution in [-0.2, 0) is 0 Å². The SMILES string of the molecule is CC(C)c1cccc(C(C)C)c1N1C(c2ccccc2)=[N+](C(C)(C)C)[SiH-]1(Cl)Cl.CC(C)c1cccc(C(C)C)c1N1C(c2ccccc2)=[N+](C(C)(C)C)[SiH-]1(Cl)Cl. The standard InChI is InChI=1S/2C23H32Cl2N2Si/c2*1-16(2)19-14-11-15-20(17(3)4)21(19)26-22(18-12-9-8-10-13-18)27(23(5,6)7)28(26,24)25/h2*8-17,28H,1-7H3. The van der Waals surface area contributed by atoms with Crippen LogP contribution in [-0.4, -0.2) is 45.3 Å². The third-order valence-corrected chi connectivity index (χ3v) is 21.0. The summed E-state index contributed by atoms with van der Waals surface area (Å²) in [6.07, 6.45) is 0. The molecule has 56 heavy (non-hydrogen) atoms. The Kier molecular flexibility index (Phi) is 13.2. The van der Waals surface area contributed by atoms with E-state index >= 15 is 0 Å². The van der Waals surface area contributed by atoms with E-state index in [0.29, 0.717) is 23.7 Å². The molecule has 0 radical (unpaired) electrons. The summed E-state index contributed by atoms with van der Waals surface area (Å²) < 4.78 is 9.14. The number of hydrogen-bond acceptors (Lipinski definition) is 2. The van der Waals surface area contributed by atoms with Gasteiger partial charge in [-0.3, -0.25) is 0 Å². The first-order valence-corrected chi connectivity index (χ1v) is 29.3. The van der Waals surface area contributed by atoms with E-state index in [-0.39, 0.29) is 11.1 Å². The molecule has 0 amide bonds. The predicted molar refractivity (Wildman–Crippen MR) is 253 cm³/mol. The van der Waals surface area contributed by atoms with Crippen molar-refractivity contribution in [2.75, 3.05) is 9.13 Å². The maximum absolute atomic E-state index is 7.22. The molecule has 0 aromatic heterocycles. The van der Waals surface area contributed by atoms with Crippen LogP contribution in [0.3, 0.4) is 0 Å². The Hall–Kier alpha value is -2.59. The first-order valence-electron chi connectivity index (χ1n) is 20.3. The fourth-order valence-corrected chi connectivity index (χ4v) is 20.7. The molecule has 2 aliphatic heterocycles. The first kappa shape index (κ1) is 44.5. The van der Waals surface area contributed by atoms with Crippen LogP contribution in [0.1, 0.15) is 154 Å². The van der Waals surface area contributed by atoms with Crippen molar-refractivity contribution < 1.29 is 8.48 Å². The summed E-state index contributed by atoms with van der Waals surface area (Å²) in [5.41, 5.74) is 9.64. The molecule has 0 atom stereocenters. The Morgan fingerprint density at radius 1 is 0.411 bits per heavy atom. The van der Waals surface area contributed by atoms with Gasteiger partial charge in [0, 0.05) is 0 Å². The van der Waals surface area contributed by atoms with E-state index in [0.717, 1.165) is 22.8 Å². The Morgan fingerprint density at radius 2 is 0.661 bits per heavy atom. The van der Waals surface area contributed by atoms with E-state index in [1.807, 2.05) is 12.1 Å². The van der Waals surface area contributed by atoms with Crippen LogP contribution in [0.2, 0.25) is 0 Å². The number of nitrogens with zero attached hydrogens (tertiary/aromatic N) is 4. The van der Waals surface area contributed by atoms with E-state index in [1.54, 1.807) is 0 Å². The molecule has 0 spiro atoms. The molecule has 6 rings (SSSR count). The van der Waals surface area contributed by atoms with E-state index in [1.165, 1.54) is 33.6 Å². The van der Waals surface area contributed by atoms with Crippen LogP contribution >= 0.6 is 44.3 Å². The van der Waals surface area contributed by atoms with Crippen molar-refractivity contribution >= 4 is 81.4 Å². The van der Waals surface area contributed by atoms with Gasteiger partial charge in [0.15, 0.2) is 0 Å². The number of halogens is 4. The summed E-state index contributed by atoms with van der Waals surface area (Å²) >= 11 is 28.9. The molecule has 0 saturated heterocycles. The third-order valence-electron chi connectivity index (χ3n) is 10.8. The summed E-state index contributed by atoms with van der Waals surface area (Å²) in [4.78, 5) is 0. The number of rotatable bonds is 8. The van der Waals surface area contributed by atoms with Gasteiger partial charge in [0.05, 0.1) is 0 Å². The molecule has 0 N–H and O–H groups in total. The molecule has 2 heterocycles. The van der Waals surface area contributed by atoms with Crippen molar-refractivity contribution in [3.63, 3.8) is 0 Å². The van der Waals surface area contributed by atoms with E-state index < -0.39 is 14.0 Å². The molecule has 304 valence electrons. The summed E-state index contributed by atoms with van der Waals surface area (Å²) in [5, 5.41) is 0. The molecule has 0 unspecified atom stereocenters. The van der Waals surface area contributed by atoms with Crippen LogP contribution in [0.15, 0.2) is 97.1 Å². The first-order chi connectivity index (χ1) is 26.0. The average molecular weight is 871 g/mol. The van der Waals surface area contributed by atoms with Crippen LogP contribution in [0, 0.1) is 0 Å². The molecule has 0 saturated carbocycles. The van der Waals surface area contributed by atoms with Gasteiger partial charge in [0.1, 0.15) is 0 Å². The van der Waals surface area contributed by atoms with Crippen LogP contribution in [0.25, 0.3) is 0 Å². The zero-order valence-electron chi connectivity index (χ0n) is 36.0. The summed E-state index contributed by atoms with van der Waals surface area (Å²) in [6.45, 7) is 31.0. The number of amidine groups is 2. The number of para-hydroxylation sites is 2. The average Bonchev–Trinajstić information content (AvgIpc) is 3.09. The Labute approximate surface area is 358 Å².